The first kappa shape index (κ1) is 20.8. The number of primary amides is 1. The van der Waals surface area contributed by atoms with Gasteiger partial charge in [0.2, 0.25) is 5.91 Å². The maximum atomic E-state index is 12.8. The average molecular weight is 441 g/mol. The number of carbonyl (C=O) groups is 2. The molecule has 0 saturated carbocycles. The molecule has 2 fully saturated rings. The Hall–Kier alpha value is -1.49. The highest BCUT2D eigenvalue weighted by atomic mass is 32.2. The molecule has 0 aromatic carbocycles. The molecule has 10 heteroatoms. The Morgan fingerprint density at radius 2 is 1.93 bits per heavy atom. The third-order valence-corrected chi connectivity index (χ3v) is 9.36. The molecule has 8 nitrogen and oxygen atoms in total. The Labute approximate surface area is 175 Å². The number of aryl methyl sites for hydroxylation is 1. The normalized spacial score (nSPS) is 25.6. The van der Waals surface area contributed by atoms with Crippen LogP contribution in [0.15, 0.2) is 0 Å². The molecule has 160 valence electrons. The number of nitrogens with one attached hydrogen (secondary N) is 1. The van der Waals surface area contributed by atoms with Crippen LogP contribution in [0.3, 0.4) is 0 Å². The lowest BCUT2D eigenvalue weighted by atomic mass is 10.1. The first-order chi connectivity index (χ1) is 13.7. The number of fused-ring (bicyclic) bond motifs is 1. The largest absolute Gasteiger partial charge is 0.365 e. The predicted octanol–water partition coefficient (Wildman–Crippen LogP) is 0.467. The number of hydrogen-bond acceptors (Lipinski definition) is 7. The number of rotatable bonds is 5. The third kappa shape index (κ3) is 4.21. The van der Waals surface area contributed by atoms with E-state index in [0.717, 1.165) is 55.9 Å². The maximum absolute atomic E-state index is 12.8. The van der Waals surface area contributed by atoms with Gasteiger partial charge in [-0.1, -0.05) is 0 Å². The summed E-state index contributed by atoms with van der Waals surface area (Å²) in [5, 5.41) is 3.52. The van der Waals surface area contributed by atoms with Crippen LogP contribution < -0.4 is 11.1 Å². The molecule has 1 aliphatic carbocycles. The molecule has 1 aromatic rings. The Balaban J connectivity index is 1.36. The van der Waals surface area contributed by atoms with E-state index in [-0.39, 0.29) is 29.5 Å². The Bertz CT molecular complexity index is 919. The van der Waals surface area contributed by atoms with Crippen molar-refractivity contribution < 1.29 is 18.0 Å². The topological polar surface area (TPSA) is 113 Å². The van der Waals surface area contributed by atoms with Gasteiger partial charge in [-0.3, -0.25) is 19.4 Å². The first-order valence-corrected chi connectivity index (χ1v) is 12.8. The molecular weight excluding hydrogens is 412 g/mol. The van der Waals surface area contributed by atoms with Gasteiger partial charge in [0.1, 0.15) is 5.00 Å². The highest BCUT2D eigenvalue weighted by molar-refractivity contribution is 7.91. The van der Waals surface area contributed by atoms with Gasteiger partial charge in [0, 0.05) is 37.1 Å². The van der Waals surface area contributed by atoms with Gasteiger partial charge < -0.3 is 11.1 Å². The van der Waals surface area contributed by atoms with Crippen molar-refractivity contribution in [2.24, 2.45) is 5.73 Å². The fourth-order valence-electron chi connectivity index (χ4n) is 4.69. The van der Waals surface area contributed by atoms with E-state index >= 15 is 0 Å². The van der Waals surface area contributed by atoms with E-state index in [2.05, 4.69) is 15.1 Å². The summed E-state index contributed by atoms with van der Waals surface area (Å²) >= 11 is 1.47. The maximum Gasteiger partial charge on any atom is 0.251 e. The quantitative estimate of drug-likeness (QED) is 0.688. The molecule has 2 amide bonds. The predicted molar refractivity (Wildman–Crippen MR) is 113 cm³/mol. The zero-order chi connectivity index (χ0) is 20.8. The Kier molecular flexibility index (Phi) is 5.71. The molecule has 2 saturated heterocycles. The van der Waals surface area contributed by atoms with E-state index in [9.17, 15) is 18.0 Å². The lowest BCUT2D eigenvalue weighted by Gasteiger charge is -2.39. The molecule has 29 heavy (non-hydrogen) atoms. The Morgan fingerprint density at radius 1 is 1.21 bits per heavy atom. The highest BCUT2D eigenvalue weighted by Gasteiger charge is 2.35. The molecule has 3 heterocycles. The van der Waals surface area contributed by atoms with Gasteiger partial charge in [0.25, 0.3) is 5.91 Å². The summed E-state index contributed by atoms with van der Waals surface area (Å²) < 4.78 is 23.4. The van der Waals surface area contributed by atoms with Crippen molar-refractivity contribution in [1.29, 1.82) is 0 Å². The second-order valence-corrected chi connectivity index (χ2v) is 11.6. The molecule has 3 aliphatic rings. The van der Waals surface area contributed by atoms with Crippen LogP contribution in [0.1, 0.15) is 40.6 Å². The summed E-state index contributed by atoms with van der Waals surface area (Å²) in [6.45, 7) is 4.83. The molecule has 1 aromatic heterocycles. The minimum absolute atomic E-state index is 0.109. The minimum Gasteiger partial charge on any atom is -0.365 e. The number of carbonyl (C=O) groups excluding carboxylic acids is 2. The molecule has 3 N–H and O–H groups in total. The van der Waals surface area contributed by atoms with Crippen molar-refractivity contribution in [3.63, 3.8) is 0 Å². The third-order valence-electron chi connectivity index (χ3n) is 6.41. The van der Waals surface area contributed by atoms with Crippen molar-refractivity contribution in [3.05, 3.63) is 16.0 Å². The molecule has 2 aliphatic heterocycles. The summed E-state index contributed by atoms with van der Waals surface area (Å²) in [7, 11) is -2.89. The van der Waals surface area contributed by atoms with Crippen molar-refractivity contribution in [1.82, 2.24) is 9.80 Å². The first-order valence-electron chi connectivity index (χ1n) is 10.2. The zero-order valence-electron chi connectivity index (χ0n) is 16.6. The van der Waals surface area contributed by atoms with E-state index in [1.54, 1.807) is 0 Å². The van der Waals surface area contributed by atoms with Crippen molar-refractivity contribution >= 4 is 38.0 Å². The van der Waals surface area contributed by atoms with Crippen LogP contribution in [-0.4, -0.2) is 79.8 Å². The molecule has 2 atom stereocenters. The lowest BCUT2D eigenvalue weighted by molar-refractivity contribution is -0.121. The van der Waals surface area contributed by atoms with Gasteiger partial charge in [0.15, 0.2) is 9.84 Å². The lowest BCUT2D eigenvalue weighted by Crippen LogP contribution is -2.55. The molecule has 0 radical (unpaired) electrons. The molecule has 0 spiro atoms. The second-order valence-electron chi connectivity index (χ2n) is 8.22. The average Bonchev–Trinajstić information content (AvgIpc) is 3.34. The summed E-state index contributed by atoms with van der Waals surface area (Å²) in [6.07, 6.45) is 3.51. The van der Waals surface area contributed by atoms with E-state index in [4.69, 9.17) is 5.73 Å². The zero-order valence-corrected chi connectivity index (χ0v) is 18.3. The SMILES string of the molecule is C[C@H](C(=O)Nc1sc2c(c1C(N)=O)CCC2)N1CCN([C@H]2CCS(=O)(=O)C2)CC1. The van der Waals surface area contributed by atoms with Crippen LogP contribution >= 0.6 is 11.3 Å². The molecular formula is C19H28N4O4S2. The second kappa shape index (κ2) is 7.98. The van der Waals surface area contributed by atoms with E-state index in [1.807, 2.05) is 6.92 Å². The number of anilines is 1. The van der Waals surface area contributed by atoms with E-state index in [1.165, 1.54) is 11.3 Å². The Morgan fingerprint density at radius 3 is 2.55 bits per heavy atom. The molecule has 4 rings (SSSR count). The smallest absolute Gasteiger partial charge is 0.251 e. The van der Waals surface area contributed by atoms with Gasteiger partial charge >= 0.3 is 0 Å². The van der Waals surface area contributed by atoms with E-state index < -0.39 is 15.7 Å². The van der Waals surface area contributed by atoms with Crippen LogP contribution in [0.25, 0.3) is 0 Å². The van der Waals surface area contributed by atoms with Gasteiger partial charge in [0.05, 0.1) is 23.1 Å². The number of nitrogens with zero attached hydrogens (tertiary/aromatic N) is 2. The van der Waals surface area contributed by atoms with Crippen LogP contribution in [0.4, 0.5) is 5.00 Å². The van der Waals surface area contributed by atoms with Crippen LogP contribution in [-0.2, 0) is 27.5 Å². The van der Waals surface area contributed by atoms with Crippen molar-refractivity contribution in [3.8, 4) is 0 Å². The standard InChI is InChI=1S/C19H28N4O4S2/c1-12(22-6-8-23(9-7-22)13-5-10-29(26,27)11-13)18(25)21-19-16(17(20)24)14-3-2-4-15(14)28-19/h12-13H,2-11H2,1H3,(H2,20,24)(H,21,25)/t12-,13+/m1/s1. The monoisotopic (exact) mass is 440 g/mol. The van der Waals surface area contributed by atoms with Crippen LogP contribution in [0.5, 0.6) is 0 Å². The van der Waals surface area contributed by atoms with Crippen molar-refractivity contribution in [2.45, 2.75) is 44.7 Å². The van der Waals surface area contributed by atoms with Gasteiger partial charge in [-0.25, -0.2) is 8.42 Å². The molecule has 0 bridgehead atoms. The number of amides is 2. The minimum atomic E-state index is -2.89. The summed E-state index contributed by atoms with van der Waals surface area (Å²) in [6, 6.07) is -0.222. The number of piperazine rings is 1. The van der Waals surface area contributed by atoms with Gasteiger partial charge in [-0.15, -0.1) is 11.3 Å². The van der Waals surface area contributed by atoms with Crippen LogP contribution in [0, 0.1) is 0 Å². The van der Waals surface area contributed by atoms with Crippen molar-refractivity contribution in [2.75, 3.05) is 43.0 Å². The summed E-state index contributed by atoms with van der Waals surface area (Å²) in [5.74, 6) is -0.0807. The number of nitrogens with two attached hydrogens (primary N) is 1. The van der Waals surface area contributed by atoms with E-state index in [0.29, 0.717) is 17.0 Å². The summed E-state index contributed by atoms with van der Waals surface area (Å²) in [5.41, 5.74) is 7.07. The van der Waals surface area contributed by atoms with Crippen LogP contribution in [0.2, 0.25) is 0 Å². The number of sulfone groups is 1. The molecule has 0 unspecified atom stereocenters. The fraction of sp³-hybridized carbons (Fsp3) is 0.684. The number of hydrogen-bond donors (Lipinski definition) is 2. The van der Waals surface area contributed by atoms with Gasteiger partial charge in [-0.05, 0) is 38.2 Å². The fourth-order valence-corrected chi connectivity index (χ4v) is 7.75. The highest BCUT2D eigenvalue weighted by Crippen LogP contribution is 2.39. The summed E-state index contributed by atoms with van der Waals surface area (Å²) in [4.78, 5) is 30.3. The number of thiophene rings is 1. The van der Waals surface area contributed by atoms with Gasteiger partial charge in [-0.2, -0.15) is 0 Å².